The van der Waals surface area contributed by atoms with Crippen molar-refractivity contribution in [3.05, 3.63) is 46.6 Å². The molecule has 1 aromatic carbocycles. The number of benzene rings is 1. The monoisotopic (exact) mass is 400 g/mol. The van der Waals surface area contributed by atoms with Crippen LogP contribution in [-0.4, -0.2) is 29.9 Å². The number of hydrogen-bond acceptors (Lipinski definition) is 7. The first-order valence-corrected chi connectivity index (χ1v) is 8.84. The van der Waals surface area contributed by atoms with Crippen molar-refractivity contribution in [1.82, 2.24) is 29.9 Å². The van der Waals surface area contributed by atoms with Crippen LogP contribution in [0.5, 0.6) is 0 Å². The number of imidazole rings is 1. The van der Waals surface area contributed by atoms with Gasteiger partial charge in [-0.25, -0.2) is 19.9 Å². The lowest BCUT2D eigenvalue weighted by atomic mass is 10.2. The summed E-state index contributed by atoms with van der Waals surface area (Å²) in [5, 5.41) is 3.90. The zero-order valence-corrected chi connectivity index (χ0v) is 15.7. The first kappa shape index (κ1) is 17.4. The third kappa shape index (κ3) is 3.36. The lowest BCUT2D eigenvalue weighted by Gasteiger charge is -2.06. The Hall–Kier alpha value is -2.97. The van der Waals surface area contributed by atoms with E-state index in [9.17, 15) is 0 Å². The highest BCUT2D eigenvalue weighted by atomic mass is 35.5. The molecule has 0 aliphatic heterocycles. The summed E-state index contributed by atoms with van der Waals surface area (Å²) in [5.41, 5.74) is 8.75. The first-order valence-electron chi connectivity index (χ1n) is 8.08. The van der Waals surface area contributed by atoms with E-state index >= 15 is 0 Å². The Balaban J connectivity index is 1.76. The van der Waals surface area contributed by atoms with Crippen LogP contribution in [0.3, 0.4) is 0 Å². The number of anilines is 3. The molecule has 3 heterocycles. The van der Waals surface area contributed by atoms with Crippen molar-refractivity contribution in [1.29, 1.82) is 0 Å². The summed E-state index contributed by atoms with van der Waals surface area (Å²) in [7, 11) is 0. The summed E-state index contributed by atoms with van der Waals surface area (Å²) in [6, 6.07) is 3.23. The number of nitrogens with one attached hydrogen (secondary N) is 2. The summed E-state index contributed by atoms with van der Waals surface area (Å²) in [6.07, 6.45) is 5.60. The third-order valence-corrected chi connectivity index (χ3v) is 4.50. The van der Waals surface area contributed by atoms with Crippen molar-refractivity contribution in [3.63, 3.8) is 0 Å². The van der Waals surface area contributed by atoms with Gasteiger partial charge in [-0.1, -0.05) is 30.1 Å². The molecular weight excluding hydrogens is 387 g/mol. The molecule has 0 atom stereocenters. The number of nitrogen functional groups attached to an aromatic ring is 1. The van der Waals surface area contributed by atoms with Gasteiger partial charge in [0.05, 0.1) is 33.7 Å². The van der Waals surface area contributed by atoms with Gasteiger partial charge in [0.2, 0.25) is 0 Å². The molecule has 4 N–H and O–H groups in total. The number of rotatable bonds is 4. The second-order valence-corrected chi connectivity index (χ2v) is 6.55. The number of nitrogens with two attached hydrogens (primary N) is 1. The number of halogens is 2. The molecule has 10 heteroatoms. The highest BCUT2D eigenvalue weighted by Gasteiger charge is 2.17. The quantitative estimate of drug-likeness (QED) is 0.442. The molecule has 3 aromatic heterocycles. The van der Waals surface area contributed by atoms with Crippen LogP contribution in [0.25, 0.3) is 22.6 Å². The molecule has 4 aromatic rings. The van der Waals surface area contributed by atoms with E-state index in [2.05, 4.69) is 35.2 Å². The van der Waals surface area contributed by atoms with Gasteiger partial charge in [0.25, 0.3) is 0 Å². The molecular formula is C17H14Cl2N8. The Kier molecular flexibility index (Phi) is 4.51. The second-order valence-electron chi connectivity index (χ2n) is 5.74. The van der Waals surface area contributed by atoms with E-state index in [1.165, 1.54) is 6.33 Å². The number of aromatic nitrogens is 6. The van der Waals surface area contributed by atoms with E-state index in [1.807, 2.05) is 6.92 Å². The van der Waals surface area contributed by atoms with Crippen molar-refractivity contribution in [2.24, 2.45) is 0 Å². The van der Waals surface area contributed by atoms with E-state index in [-0.39, 0.29) is 0 Å². The van der Waals surface area contributed by atoms with Gasteiger partial charge in [0.1, 0.15) is 23.5 Å². The van der Waals surface area contributed by atoms with Gasteiger partial charge in [-0.2, -0.15) is 0 Å². The molecule has 136 valence electrons. The number of aromatic amines is 1. The number of hydrogen-bond donors (Lipinski definition) is 3. The third-order valence-electron chi connectivity index (χ3n) is 3.90. The highest BCUT2D eigenvalue weighted by Crippen LogP contribution is 2.36. The molecule has 0 aliphatic rings. The predicted octanol–water partition coefficient (Wildman–Crippen LogP) is 4.00. The Labute approximate surface area is 164 Å². The van der Waals surface area contributed by atoms with E-state index < -0.39 is 0 Å². The molecule has 0 aliphatic carbocycles. The van der Waals surface area contributed by atoms with Crippen LogP contribution in [-0.2, 0) is 6.42 Å². The largest absolute Gasteiger partial charge is 0.399 e. The van der Waals surface area contributed by atoms with Gasteiger partial charge >= 0.3 is 0 Å². The molecule has 0 unspecified atom stereocenters. The standard InChI is InChI=1S/C17H14Cl2N8/c1-2-9-5-22-12(6-21-9)25-16-14-17(24-7-23-16)27-15(26-14)13-10(18)3-8(20)4-11(13)19/h3-7H,2,20H2,1H3,(H2,22,23,24,25,26,27). The van der Waals surface area contributed by atoms with Crippen molar-refractivity contribution in [2.75, 3.05) is 11.1 Å². The number of fused-ring (bicyclic) bond motifs is 1. The summed E-state index contributed by atoms with van der Waals surface area (Å²) in [4.78, 5) is 24.7. The van der Waals surface area contributed by atoms with Crippen LogP contribution in [0.1, 0.15) is 12.6 Å². The van der Waals surface area contributed by atoms with Gasteiger partial charge in [-0.05, 0) is 18.6 Å². The van der Waals surface area contributed by atoms with E-state index in [4.69, 9.17) is 28.9 Å². The van der Waals surface area contributed by atoms with E-state index in [0.717, 1.165) is 12.1 Å². The minimum atomic E-state index is 0.391. The van der Waals surface area contributed by atoms with E-state index in [1.54, 1.807) is 24.5 Å². The normalized spacial score (nSPS) is 11.1. The van der Waals surface area contributed by atoms with Gasteiger partial charge < -0.3 is 16.0 Å². The topological polar surface area (TPSA) is 118 Å². The summed E-state index contributed by atoms with van der Waals surface area (Å²) in [5.74, 6) is 1.54. The van der Waals surface area contributed by atoms with Crippen LogP contribution in [0.15, 0.2) is 30.9 Å². The molecule has 0 spiro atoms. The van der Waals surface area contributed by atoms with Gasteiger partial charge in [0, 0.05) is 5.69 Å². The van der Waals surface area contributed by atoms with Crippen LogP contribution in [0, 0.1) is 0 Å². The Morgan fingerprint density at radius 1 is 1.07 bits per heavy atom. The molecule has 4 rings (SSSR count). The molecule has 0 saturated carbocycles. The summed E-state index contributed by atoms with van der Waals surface area (Å²) in [6.45, 7) is 2.02. The maximum absolute atomic E-state index is 6.30. The average Bonchev–Trinajstić information content (AvgIpc) is 3.06. The highest BCUT2D eigenvalue weighted by molar-refractivity contribution is 6.39. The van der Waals surface area contributed by atoms with Crippen LogP contribution < -0.4 is 11.1 Å². The van der Waals surface area contributed by atoms with Crippen molar-refractivity contribution >= 4 is 51.7 Å². The maximum atomic E-state index is 6.30. The van der Waals surface area contributed by atoms with Gasteiger partial charge in [-0.3, -0.25) is 4.98 Å². The van der Waals surface area contributed by atoms with Gasteiger partial charge in [-0.15, -0.1) is 0 Å². The lowest BCUT2D eigenvalue weighted by molar-refractivity contribution is 1.00. The Morgan fingerprint density at radius 2 is 1.85 bits per heavy atom. The van der Waals surface area contributed by atoms with Crippen LogP contribution in [0.2, 0.25) is 10.0 Å². The van der Waals surface area contributed by atoms with Crippen LogP contribution >= 0.6 is 23.2 Å². The predicted molar refractivity (Wildman–Crippen MR) is 106 cm³/mol. The molecule has 0 radical (unpaired) electrons. The number of nitrogens with zero attached hydrogens (tertiary/aromatic N) is 5. The zero-order valence-electron chi connectivity index (χ0n) is 14.2. The fraction of sp³-hybridized carbons (Fsp3) is 0.118. The van der Waals surface area contributed by atoms with Gasteiger partial charge in [0.15, 0.2) is 11.5 Å². The number of aryl methyl sites for hydroxylation is 1. The smallest absolute Gasteiger partial charge is 0.183 e. The second kappa shape index (κ2) is 6.98. The fourth-order valence-corrected chi connectivity index (χ4v) is 3.27. The first-order chi connectivity index (χ1) is 13.0. The fourth-order valence-electron chi connectivity index (χ4n) is 2.58. The SMILES string of the molecule is CCc1cnc(Nc2ncnc3nc(-c4c(Cl)cc(N)cc4Cl)[nH]c23)cn1. The van der Waals surface area contributed by atoms with E-state index in [0.29, 0.717) is 49.9 Å². The zero-order chi connectivity index (χ0) is 19.0. The molecule has 0 saturated heterocycles. The van der Waals surface area contributed by atoms with Crippen LogP contribution in [0.4, 0.5) is 17.3 Å². The van der Waals surface area contributed by atoms with Crippen molar-refractivity contribution < 1.29 is 0 Å². The Morgan fingerprint density at radius 3 is 2.52 bits per heavy atom. The molecule has 0 amide bonds. The van der Waals surface area contributed by atoms with Crippen molar-refractivity contribution in [2.45, 2.75) is 13.3 Å². The maximum Gasteiger partial charge on any atom is 0.183 e. The lowest BCUT2D eigenvalue weighted by Crippen LogP contribution is -1.99. The molecule has 27 heavy (non-hydrogen) atoms. The molecule has 0 fully saturated rings. The Bertz CT molecular complexity index is 1100. The molecule has 0 bridgehead atoms. The summed E-state index contributed by atoms with van der Waals surface area (Å²) < 4.78 is 0. The minimum Gasteiger partial charge on any atom is -0.399 e. The average molecular weight is 401 g/mol. The number of H-pyrrole nitrogens is 1. The minimum absolute atomic E-state index is 0.391. The van der Waals surface area contributed by atoms with Crippen molar-refractivity contribution in [3.8, 4) is 11.4 Å². The molecule has 8 nitrogen and oxygen atoms in total. The summed E-state index contributed by atoms with van der Waals surface area (Å²) >= 11 is 12.6.